The third-order valence-electron chi connectivity index (χ3n) is 2.99. The highest BCUT2D eigenvalue weighted by atomic mass is 79.9. The summed E-state index contributed by atoms with van der Waals surface area (Å²) in [6, 6.07) is 0.284. The first kappa shape index (κ1) is 15.9. The predicted octanol–water partition coefficient (Wildman–Crippen LogP) is 4.30. The summed E-state index contributed by atoms with van der Waals surface area (Å²) in [7, 11) is 0. The van der Waals surface area contributed by atoms with Crippen molar-refractivity contribution < 1.29 is 4.92 Å². The predicted molar refractivity (Wildman–Crippen MR) is 80.5 cm³/mol. The van der Waals surface area contributed by atoms with E-state index >= 15 is 0 Å². The molecule has 1 heterocycles. The van der Waals surface area contributed by atoms with Crippen molar-refractivity contribution in [2.45, 2.75) is 46.6 Å². The lowest BCUT2D eigenvalue weighted by Gasteiger charge is -2.17. The molecule has 19 heavy (non-hydrogen) atoms. The number of nitro groups is 1. The van der Waals surface area contributed by atoms with Crippen LogP contribution in [0.25, 0.3) is 0 Å². The molecule has 5 nitrogen and oxygen atoms in total. The maximum atomic E-state index is 10.8. The minimum atomic E-state index is -0.418. The van der Waals surface area contributed by atoms with E-state index in [1.54, 1.807) is 6.92 Å². The van der Waals surface area contributed by atoms with E-state index in [0.29, 0.717) is 21.8 Å². The van der Waals surface area contributed by atoms with Crippen molar-refractivity contribution in [2.75, 3.05) is 5.32 Å². The lowest BCUT2D eigenvalue weighted by molar-refractivity contribution is -0.385. The van der Waals surface area contributed by atoms with Crippen molar-refractivity contribution in [2.24, 2.45) is 5.92 Å². The molecule has 1 aromatic rings. The fraction of sp³-hybridized carbons (Fsp3) is 0.615. The maximum Gasteiger partial charge on any atom is 0.291 e. The Hall–Kier alpha value is -1.17. The Labute approximate surface area is 122 Å². The molecule has 106 valence electrons. The summed E-state index contributed by atoms with van der Waals surface area (Å²) < 4.78 is 0.665. The van der Waals surface area contributed by atoms with Gasteiger partial charge < -0.3 is 5.32 Å². The molecule has 0 saturated heterocycles. The van der Waals surface area contributed by atoms with E-state index in [1.165, 1.54) is 6.20 Å². The Balaban J connectivity index is 2.80. The minimum Gasteiger partial charge on any atom is -0.367 e. The monoisotopic (exact) mass is 329 g/mol. The number of halogens is 1. The molecule has 0 aliphatic carbocycles. The van der Waals surface area contributed by atoms with Crippen LogP contribution in [0, 0.1) is 23.0 Å². The van der Waals surface area contributed by atoms with Crippen molar-refractivity contribution in [3.05, 3.63) is 26.3 Å². The Morgan fingerprint density at radius 1 is 1.42 bits per heavy atom. The van der Waals surface area contributed by atoms with Crippen LogP contribution in [0.1, 0.15) is 39.2 Å². The van der Waals surface area contributed by atoms with Crippen LogP contribution in [0.5, 0.6) is 0 Å². The Bertz CT molecular complexity index is 463. The summed E-state index contributed by atoms with van der Waals surface area (Å²) in [6.07, 6.45) is 3.48. The average Bonchev–Trinajstić information content (AvgIpc) is 2.32. The molecule has 1 aromatic heterocycles. The molecule has 0 bridgehead atoms. The van der Waals surface area contributed by atoms with Crippen molar-refractivity contribution in [3.8, 4) is 0 Å². The number of pyridine rings is 1. The number of hydrogen-bond acceptors (Lipinski definition) is 4. The van der Waals surface area contributed by atoms with Crippen molar-refractivity contribution in [1.29, 1.82) is 0 Å². The number of hydrogen-bond donors (Lipinski definition) is 1. The third kappa shape index (κ3) is 4.45. The van der Waals surface area contributed by atoms with Gasteiger partial charge in [0.2, 0.25) is 0 Å². The fourth-order valence-electron chi connectivity index (χ4n) is 1.74. The highest BCUT2D eigenvalue weighted by Gasteiger charge is 2.18. The topological polar surface area (TPSA) is 68.1 Å². The molecule has 1 atom stereocenters. The van der Waals surface area contributed by atoms with E-state index in [2.05, 4.69) is 47.0 Å². The van der Waals surface area contributed by atoms with E-state index in [4.69, 9.17) is 0 Å². The minimum absolute atomic E-state index is 0.0345. The smallest absolute Gasteiger partial charge is 0.291 e. The van der Waals surface area contributed by atoms with Gasteiger partial charge in [0.1, 0.15) is 12.0 Å². The van der Waals surface area contributed by atoms with E-state index < -0.39 is 4.92 Å². The van der Waals surface area contributed by atoms with Crippen LogP contribution in [0.3, 0.4) is 0 Å². The molecular weight excluding hydrogens is 310 g/mol. The Morgan fingerprint density at radius 2 is 2.05 bits per heavy atom. The van der Waals surface area contributed by atoms with Gasteiger partial charge in [-0.05, 0) is 48.5 Å². The first-order valence-corrected chi connectivity index (χ1v) is 7.18. The standard InChI is InChI=1S/C13H20BrN3O2/c1-8(2)5-6-9(3)16-13-12(14)10(4)11(7-15-13)17(18)19/h7-9H,5-6H2,1-4H3,(H,15,16). The summed E-state index contributed by atoms with van der Waals surface area (Å²) in [6.45, 7) is 8.19. The summed E-state index contributed by atoms with van der Waals surface area (Å²) >= 11 is 3.38. The molecule has 0 aromatic carbocycles. The van der Waals surface area contributed by atoms with Gasteiger partial charge in [-0.15, -0.1) is 0 Å². The van der Waals surface area contributed by atoms with Gasteiger partial charge in [0.15, 0.2) is 0 Å². The quantitative estimate of drug-likeness (QED) is 0.624. The molecule has 1 N–H and O–H groups in total. The van der Waals surface area contributed by atoms with Crippen LogP contribution in [-0.2, 0) is 0 Å². The number of nitrogens with one attached hydrogen (secondary N) is 1. The normalized spacial score (nSPS) is 12.5. The lowest BCUT2D eigenvalue weighted by atomic mass is 10.0. The summed E-state index contributed by atoms with van der Waals surface area (Å²) in [5.74, 6) is 1.33. The lowest BCUT2D eigenvalue weighted by Crippen LogP contribution is -2.17. The van der Waals surface area contributed by atoms with Gasteiger partial charge in [-0.2, -0.15) is 0 Å². The molecule has 0 aliphatic rings. The van der Waals surface area contributed by atoms with Crippen LogP contribution in [0.4, 0.5) is 11.5 Å². The SMILES string of the molecule is Cc1c([N+](=O)[O-])cnc(NC(C)CCC(C)C)c1Br. The zero-order valence-electron chi connectivity index (χ0n) is 11.7. The molecule has 6 heteroatoms. The van der Waals surface area contributed by atoms with E-state index in [1.807, 2.05) is 0 Å². The first-order valence-electron chi connectivity index (χ1n) is 6.39. The second kappa shape index (κ2) is 6.84. The molecule has 1 rings (SSSR count). The van der Waals surface area contributed by atoms with Gasteiger partial charge in [-0.3, -0.25) is 10.1 Å². The second-order valence-electron chi connectivity index (χ2n) is 5.20. The molecule has 0 spiro atoms. The highest BCUT2D eigenvalue weighted by Crippen LogP contribution is 2.31. The number of aromatic nitrogens is 1. The number of nitrogens with zero attached hydrogens (tertiary/aromatic N) is 2. The third-order valence-corrected chi connectivity index (χ3v) is 3.96. The Morgan fingerprint density at radius 3 is 2.58 bits per heavy atom. The molecule has 1 unspecified atom stereocenters. The molecule has 0 fully saturated rings. The van der Waals surface area contributed by atoms with Gasteiger partial charge in [0, 0.05) is 11.6 Å². The van der Waals surface area contributed by atoms with E-state index in [0.717, 1.165) is 12.8 Å². The zero-order chi connectivity index (χ0) is 14.6. The largest absolute Gasteiger partial charge is 0.367 e. The highest BCUT2D eigenvalue weighted by molar-refractivity contribution is 9.10. The van der Waals surface area contributed by atoms with E-state index in [9.17, 15) is 10.1 Å². The average molecular weight is 330 g/mol. The maximum absolute atomic E-state index is 10.8. The van der Waals surface area contributed by atoms with Gasteiger partial charge in [-0.1, -0.05) is 13.8 Å². The molecule has 0 saturated carbocycles. The fourth-order valence-corrected chi connectivity index (χ4v) is 2.16. The van der Waals surface area contributed by atoms with E-state index in [-0.39, 0.29) is 11.7 Å². The first-order chi connectivity index (χ1) is 8.82. The van der Waals surface area contributed by atoms with Gasteiger partial charge >= 0.3 is 0 Å². The summed E-state index contributed by atoms with van der Waals surface area (Å²) in [4.78, 5) is 14.5. The van der Waals surface area contributed by atoms with Crippen molar-refractivity contribution in [3.63, 3.8) is 0 Å². The van der Waals surface area contributed by atoms with Crippen molar-refractivity contribution >= 4 is 27.4 Å². The number of rotatable bonds is 6. The molecular formula is C13H20BrN3O2. The summed E-state index contributed by atoms with van der Waals surface area (Å²) in [5, 5.41) is 14.1. The van der Waals surface area contributed by atoms with Crippen LogP contribution >= 0.6 is 15.9 Å². The van der Waals surface area contributed by atoms with Crippen LogP contribution < -0.4 is 5.32 Å². The van der Waals surface area contributed by atoms with Crippen LogP contribution in [0.15, 0.2) is 10.7 Å². The van der Waals surface area contributed by atoms with Crippen LogP contribution in [0.2, 0.25) is 0 Å². The zero-order valence-corrected chi connectivity index (χ0v) is 13.3. The van der Waals surface area contributed by atoms with Gasteiger partial charge in [-0.25, -0.2) is 4.98 Å². The van der Waals surface area contributed by atoms with Gasteiger partial charge in [0.25, 0.3) is 5.69 Å². The molecule has 0 radical (unpaired) electrons. The second-order valence-corrected chi connectivity index (χ2v) is 6.00. The molecule has 0 amide bonds. The van der Waals surface area contributed by atoms with Crippen molar-refractivity contribution in [1.82, 2.24) is 4.98 Å². The van der Waals surface area contributed by atoms with Crippen LogP contribution in [-0.4, -0.2) is 15.9 Å². The Kier molecular flexibility index (Phi) is 5.72. The molecule has 0 aliphatic heterocycles. The summed E-state index contributed by atoms with van der Waals surface area (Å²) in [5.41, 5.74) is 0.630. The van der Waals surface area contributed by atoms with Gasteiger partial charge in [0.05, 0.1) is 9.40 Å². The number of anilines is 1.